The van der Waals surface area contributed by atoms with E-state index in [9.17, 15) is 57.5 Å². The highest BCUT2D eigenvalue weighted by molar-refractivity contribution is 8.14. The molecule has 0 aromatic carbocycles. The summed E-state index contributed by atoms with van der Waals surface area (Å²) >= 11 is 5.56. The van der Waals surface area contributed by atoms with Gasteiger partial charge in [-0.25, -0.2) is 10.7 Å². The lowest BCUT2D eigenvalue weighted by Gasteiger charge is -2.14. The van der Waals surface area contributed by atoms with Gasteiger partial charge in [0.2, 0.25) is 35.4 Å². The Balaban J connectivity index is -0.000000695. The van der Waals surface area contributed by atoms with Crippen LogP contribution in [0.15, 0.2) is 12.2 Å². The number of thiol groups is 1. The maximum Gasteiger partial charge on any atom is 0.343 e. The molecular weight excluding hydrogens is 819 g/mol. The van der Waals surface area contributed by atoms with E-state index < -0.39 is 40.8 Å². The van der Waals surface area contributed by atoms with Gasteiger partial charge in [0.1, 0.15) is 18.8 Å². The molecule has 3 aliphatic rings. The first-order valence-corrected chi connectivity index (χ1v) is 19.2. The highest BCUT2D eigenvalue weighted by Gasteiger charge is 2.40. The van der Waals surface area contributed by atoms with Crippen molar-refractivity contribution in [3.8, 4) is 0 Å². The van der Waals surface area contributed by atoms with Crippen molar-refractivity contribution in [2.75, 3.05) is 64.6 Å². The van der Waals surface area contributed by atoms with Gasteiger partial charge in [-0.1, -0.05) is 11.8 Å². The Morgan fingerprint density at radius 2 is 1.23 bits per heavy atom. The fourth-order valence-electron chi connectivity index (χ4n) is 3.60. The number of nitrogens with two attached hydrogens (primary N) is 2. The molecule has 0 aromatic heterocycles. The van der Waals surface area contributed by atoms with Crippen molar-refractivity contribution in [3.63, 3.8) is 0 Å². The molecule has 3 rings (SSSR count). The van der Waals surface area contributed by atoms with Crippen molar-refractivity contribution in [2.45, 2.75) is 45.3 Å². The zero-order valence-corrected chi connectivity index (χ0v) is 34.8. The average Bonchev–Trinajstić information content (AvgIpc) is 3.79. The van der Waals surface area contributed by atoms with E-state index in [1.54, 1.807) is 20.9 Å². The van der Waals surface area contributed by atoms with Gasteiger partial charge in [-0.3, -0.25) is 62.5 Å². The van der Waals surface area contributed by atoms with E-state index in [4.69, 9.17) is 5.21 Å². The molecule has 26 heteroatoms. The van der Waals surface area contributed by atoms with Crippen LogP contribution in [0.5, 0.6) is 0 Å². The number of nitrogens with one attached hydrogen (secondary N) is 4. The number of likely N-dealkylation sites (N-methyl/N-ethyl adjacent to an activating group) is 2. The third kappa shape index (κ3) is 24.4. The predicted molar refractivity (Wildman–Crippen MR) is 209 cm³/mol. The molecule has 0 aliphatic carbocycles. The number of hydrogen-bond acceptors (Lipinski definition) is 19. The van der Waals surface area contributed by atoms with Gasteiger partial charge in [0.15, 0.2) is 5.12 Å². The van der Waals surface area contributed by atoms with Crippen molar-refractivity contribution in [1.82, 2.24) is 36.1 Å². The Kier molecular flexibility index (Phi) is 32.9. The van der Waals surface area contributed by atoms with Crippen LogP contribution < -0.4 is 32.9 Å². The highest BCUT2D eigenvalue weighted by Crippen LogP contribution is 2.24. The minimum absolute atomic E-state index is 0.0416. The van der Waals surface area contributed by atoms with Gasteiger partial charge in [-0.15, -0.1) is 16.8 Å². The van der Waals surface area contributed by atoms with Crippen LogP contribution in [-0.4, -0.2) is 160 Å². The molecule has 3 heterocycles. The van der Waals surface area contributed by atoms with E-state index in [2.05, 4.69) is 50.4 Å². The molecule has 0 radical (unpaired) electrons. The Bertz CT molecular complexity index is 1430. The number of imide groups is 3. The number of thioether (sulfide) groups is 2. The summed E-state index contributed by atoms with van der Waals surface area (Å²) in [7, 11) is 4.59. The number of hydroxylamine groups is 2. The molecular formula is C31H51N9O14S3. The van der Waals surface area contributed by atoms with E-state index in [1.807, 2.05) is 0 Å². The van der Waals surface area contributed by atoms with Gasteiger partial charge in [0, 0.05) is 65.5 Å². The van der Waals surface area contributed by atoms with Gasteiger partial charge in [0.25, 0.3) is 23.6 Å². The molecule has 1 atom stereocenters. The van der Waals surface area contributed by atoms with Crippen molar-refractivity contribution >= 4 is 106 Å². The molecule has 0 aromatic rings. The van der Waals surface area contributed by atoms with Crippen LogP contribution >= 0.6 is 36.2 Å². The van der Waals surface area contributed by atoms with E-state index in [0.29, 0.717) is 18.2 Å². The molecule has 0 saturated carbocycles. The van der Waals surface area contributed by atoms with Gasteiger partial charge < -0.3 is 37.0 Å². The van der Waals surface area contributed by atoms with E-state index in [-0.39, 0.29) is 84.3 Å². The summed E-state index contributed by atoms with van der Waals surface area (Å²) in [6.45, 7) is 5.33. The largest absolute Gasteiger partial charge is 0.358 e. The van der Waals surface area contributed by atoms with Crippen LogP contribution in [0.25, 0.3) is 0 Å². The highest BCUT2D eigenvalue weighted by atomic mass is 32.2. The number of hydrogen-bond donors (Lipinski definition) is 8. The summed E-state index contributed by atoms with van der Waals surface area (Å²) in [4.78, 5) is 139. The first-order chi connectivity index (χ1) is 26.9. The number of likely N-dealkylation sites (tertiary alicyclic amines) is 1. The lowest BCUT2D eigenvalue weighted by atomic mass is 10.4. The Morgan fingerprint density at radius 1 is 0.772 bits per heavy atom. The zero-order valence-electron chi connectivity index (χ0n) is 32.3. The normalized spacial score (nSPS) is 14.8. The number of amides is 10. The van der Waals surface area contributed by atoms with Crippen molar-refractivity contribution in [1.29, 1.82) is 0 Å². The summed E-state index contributed by atoms with van der Waals surface area (Å²) < 4.78 is 0. The van der Waals surface area contributed by atoms with Gasteiger partial charge in [-0.2, -0.15) is 12.6 Å². The lowest BCUT2D eigenvalue weighted by Crippen LogP contribution is -2.41. The first kappa shape index (κ1) is 56.4. The van der Waals surface area contributed by atoms with Crippen molar-refractivity contribution < 1.29 is 67.6 Å². The van der Waals surface area contributed by atoms with E-state index in [0.717, 1.165) is 45.5 Å². The third-order valence-electron chi connectivity index (χ3n) is 6.16. The lowest BCUT2D eigenvalue weighted by molar-refractivity contribution is -0.195. The molecule has 57 heavy (non-hydrogen) atoms. The quantitative estimate of drug-likeness (QED) is 0.0500. The van der Waals surface area contributed by atoms with Crippen LogP contribution in [0.4, 0.5) is 0 Å². The monoisotopic (exact) mass is 869 g/mol. The maximum absolute atomic E-state index is 11.9. The summed E-state index contributed by atoms with van der Waals surface area (Å²) in [5, 5.41) is 16.0. The molecule has 0 spiro atoms. The summed E-state index contributed by atoms with van der Waals surface area (Å²) in [6, 6.07) is 0. The fraction of sp³-hybridized carbons (Fsp3) is 0.548. The van der Waals surface area contributed by atoms with Crippen LogP contribution in [0.1, 0.15) is 40.0 Å². The number of carbonyl (C=O) groups excluding carboxylic acids is 12. The Morgan fingerprint density at radius 3 is 1.61 bits per heavy atom. The molecule has 3 aliphatic heterocycles. The minimum atomic E-state index is -0.779. The molecule has 322 valence electrons. The minimum Gasteiger partial charge on any atom is -0.358 e. The average molecular weight is 870 g/mol. The molecule has 9 N–H and O–H groups in total. The summed E-state index contributed by atoms with van der Waals surface area (Å²) in [6.07, 6.45) is 2.47. The van der Waals surface area contributed by atoms with E-state index >= 15 is 0 Å². The van der Waals surface area contributed by atoms with Crippen molar-refractivity contribution in [3.05, 3.63) is 12.2 Å². The predicted octanol–water partition coefficient (Wildman–Crippen LogP) is -3.78. The fourth-order valence-corrected chi connectivity index (χ4v) is 5.16. The topological polar surface area (TPSA) is 344 Å². The molecule has 10 amide bonds. The van der Waals surface area contributed by atoms with Gasteiger partial charge >= 0.3 is 5.97 Å². The van der Waals surface area contributed by atoms with Gasteiger partial charge in [-0.05, 0) is 20.9 Å². The molecule has 23 nitrogen and oxygen atoms in total. The molecule has 1 unspecified atom stereocenters. The molecule has 2 saturated heterocycles. The van der Waals surface area contributed by atoms with Gasteiger partial charge in [0.05, 0.1) is 16.8 Å². The van der Waals surface area contributed by atoms with Crippen LogP contribution in [0.2, 0.25) is 0 Å². The molecule has 0 bridgehead atoms. The Labute approximate surface area is 342 Å². The number of nitrogens with zero attached hydrogens (tertiary/aromatic N) is 3. The van der Waals surface area contributed by atoms with Crippen molar-refractivity contribution in [2.24, 2.45) is 11.6 Å². The van der Waals surface area contributed by atoms with Crippen LogP contribution in [0, 0.1) is 0 Å². The Hall–Kier alpha value is -4.89. The third-order valence-corrected chi connectivity index (χ3v) is 8.44. The van der Waals surface area contributed by atoms with E-state index in [1.165, 1.54) is 21.0 Å². The maximum atomic E-state index is 11.9. The van der Waals surface area contributed by atoms with Crippen LogP contribution in [0.3, 0.4) is 0 Å². The second-order valence-electron chi connectivity index (χ2n) is 10.2. The number of rotatable bonds is 13. The summed E-state index contributed by atoms with van der Waals surface area (Å²) in [5.74, 6) is -0.706. The van der Waals surface area contributed by atoms with Crippen LogP contribution in [-0.2, 0) is 62.4 Å². The summed E-state index contributed by atoms with van der Waals surface area (Å²) in [5.41, 5.74) is 4.50. The molecule has 2 fully saturated rings. The standard InChI is InChI=1S/C11H17N3O4S.C8H10N2O3.C8H9NO5S.C3H7NOS.CH5N.H3NO/c1-3-13-8(15)5-14-10(17)4-7(11(14)18)19-6-9(16)12-2;1-2-9-6(11)5-10-7(12)3-4-8(10)13;1-5(10)15-4-8(13)14-9-6(11)2-3-7(9)12;1-4-3(5)2-6;2*1-2/h7H,3-6H2,1-2H3,(H,12,16)(H,13,15);3-4H,2,5H2,1H3,(H,9,11);2-4H2,1H3;6H,2H2,1H3,(H,4,5);2H2,1H3;2H,1H2. The second-order valence-corrected chi connectivity index (χ2v) is 12.8. The second kappa shape index (κ2) is 33.3. The number of carbonyl (C=O) groups is 12. The zero-order chi connectivity index (χ0) is 44.7. The SMILES string of the molecule is CC(=O)SCC(=O)ON1C(=O)CCC1=O.CCNC(=O)CN1C(=O)C=CC1=O.CCNC(=O)CN1C(=O)CC(SCC(=O)NC)C1=O.CN.CNC(=O)CS.NO. The smallest absolute Gasteiger partial charge is 0.343 e. The first-order valence-electron chi connectivity index (χ1n) is 16.5.